The third-order valence-corrected chi connectivity index (χ3v) is 3.22. The second kappa shape index (κ2) is 7.62. The van der Waals surface area contributed by atoms with E-state index in [1.807, 2.05) is 25.1 Å². The number of halogens is 1. The molecule has 1 atom stereocenters. The molecule has 0 aliphatic heterocycles. The van der Waals surface area contributed by atoms with Gasteiger partial charge in [-0.25, -0.2) is 0 Å². The molecular formula is C14H22ClNO2. The summed E-state index contributed by atoms with van der Waals surface area (Å²) < 4.78 is 5.36. The summed E-state index contributed by atoms with van der Waals surface area (Å²) in [5.41, 5.74) is 1.83. The molecule has 0 saturated heterocycles. The molecule has 18 heavy (non-hydrogen) atoms. The van der Waals surface area contributed by atoms with Crippen LogP contribution in [0.2, 0.25) is 5.02 Å². The molecule has 1 N–H and O–H groups in total. The largest absolute Gasteiger partial charge is 0.389 e. The number of rotatable bonds is 7. The van der Waals surface area contributed by atoms with Crippen LogP contribution in [0.5, 0.6) is 0 Å². The smallest absolute Gasteiger partial charge is 0.0776 e. The zero-order chi connectivity index (χ0) is 13.5. The van der Waals surface area contributed by atoms with Crippen molar-refractivity contribution in [3.05, 3.63) is 28.8 Å². The predicted octanol–water partition coefficient (Wildman–Crippen LogP) is 3.26. The summed E-state index contributed by atoms with van der Waals surface area (Å²) in [7, 11) is 0. The number of nitrogens with zero attached hydrogens (tertiary/aromatic N) is 1. The molecule has 0 aliphatic rings. The molecule has 0 amide bonds. The Kier molecular flexibility index (Phi) is 6.47. The minimum Gasteiger partial charge on any atom is -0.389 e. The van der Waals surface area contributed by atoms with Gasteiger partial charge in [-0.05, 0) is 38.5 Å². The molecule has 0 heterocycles. The fraction of sp³-hybridized carbons (Fsp3) is 0.571. The third kappa shape index (κ3) is 4.16. The molecule has 1 aromatic rings. The number of likely N-dealkylation sites (N-methyl/N-ethyl adjacent to an activating group) is 1. The molecule has 0 saturated carbocycles. The number of ether oxygens (including phenoxy) is 1. The molecule has 4 heteroatoms. The van der Waals surface area contributed by atoms with Gasteiger partial charge in [-0.1, -0.05) is 17.7 Å². The van der Waals surface area contributed by atoms with Crippen LogP contribution in [0.1, 0.15) is 32.4 Å². The Labute approximate surface area is 114 Å². The van der Waals surface area contributed by atoms with E-state index in [1.165, 1.54) is 0 Å². The Balaban J connectivity index is 2.77. The first kappa shape index (κ1) is 15.3. The van der Waals surface area contributed by atoms with E-state index in [9.17, 15) is 5.11 Å². The van der Waals surface area contributed by atoms with Gasteiger partial charge in [-0.2, -0.15) is 0 Å². The SMILES string of the molecule is CCOCCN(CC)c1ccc(C(C)O)c(Cl)c1. The lowest BCUT2D eigenvalue weighted by molar-refractivity contribution is 0.154. The topological polar surface area (TPSA) is 32.7 Å². The van der Waals surface area contributed by atoms with Gasteiger partial charge in [0.05, 0.1) is 12.7 Å². The van der Waals surface area contributed by atoms with Gasteiger partial charge < -0.3 is 14.7 Å². The Morgan fingerprint density at radius 1 is 1.39 bits per heavy atom. The van der Waals surface area contributed by atoms with Crippen molar-refractivity contribution in [1.29, 1.82) is 0 Å². The van der Waals surface area contributed by atoms with Crippen molar-refractivity contribution in [2.75, 3.05) is 31.2 Å². The standard InChI is InChI=1S/C14H22ClNO2/c1-4-16(8-9-18-5-2)12-6-7-13(11(3)17)14(15)10-12/h6-7,10-11,17H,4-5,8-9H2,1-3H3. The molecule has 0 radical (unpaired) electrons. The second-order valence-electron chi connectivity index (χ2n) is 4.16. The minimum atomic E-state index is -0.537. The van der Waals surface area contributed by atoms with Crippen LogP contribution in [0.3, 0.4) is 0 Å². The van der Waals surface area contributed by atoms with Crippen molar-refractivity contribution >= 4 is 17.3 Å². The Morgan fingerprint density at radius 2 is 2.11 bits per heavy atom. The molecule has 0 aliphatic carbocycles. The summed E-state index contributed by atoms with van der Waals surface area (Å²) >= 11 is 6.17. The lowest BCUT2D eigenvalue weighted by atomic mass is 10.1. The summed E-state index contributed by atoms with van der Waals surface area (Å²) in [4.78, 5) is 2.20. The first-order chi connectivity index (χ1) is 8.60. The molecule has 3 nitrogen and oxygen atoms in total. The van der Waals surface area contributed by atoms with Gasteiger partial charge in [0, 0.05) is 30.4 Å². The van der Waals surface area contributed by atoms with Crippen molar-refractivity contribution in [3.8, 4) is 0 Å². The van der Waals surface area contributed by atoms with Crippen molar-refractivity contribution in [2.24, 2.45) is 0 Å². The van der Waals surface area contributed by atoms with Gasteiger partial charge >= 0.3 is 0 Å². The molecule has 0 spiro atoms. The zero-order valence-corrected chi connectivity index (χ0v) is 12.1. The second-order valence-corrected chi connectivity index (χ2v) is 4.57. The molecule has 0 bridgehead atoms. The van der Waals surface area contributed by atoms with Gasteiger partial charge in [0.25, 0.3) is 0 Å². The first-order valence-corrected chi connectivity index (χ1v) is 6.78. The van der Waals surface area contributed by atoms with Crippen molar-refractivity contribution < 1.29 is 9.84 Å². The van der Waals surface area contributed by atoms with Gasteiger partial charge in [0.2, 0.25) is 0 Å². The van der Waals surface area contributed by atoms with Crippen molar-refractivity contribution in [3.63, 3.8) is 0 Å². The van der Waals surface area contributed by atoms with E-state index >= 15 is 0 Å². The van der Waals surface area contributed by atoms with Crippen LogP contribution in [0.4, 0.5) is 5.69 Å². The lowest BCUT2D eigenvalue weighted by Crippen LogP contribution is -2.27. The summed E-state index contributed by atoms with van der Waals surface area (Å²) in [6.45, 7) is 8.99. The molecule has 102 valence electrons. The zero-order valence-electron chi connectivity index (χ0n) is 11.3. The van der Waals surface area contributed by atoms with E-state index in [2.05, 4.69) is 11.8 Å². The number of hydrogen-bond donors (Lipinski definition) is 1. The molecule has 1 unspecified atom stereocenters. The highest BCUT2D eigenvalue weighted by atomic mass is 35.5. The van der Waals surface area contributed by atoms with E-state index in [-0.39, 0.29) is 0 Å². The van der Waals surface area contributed by atoms with E-state index in [4.69, 9.17) is 16.3 Å². The minimum absolute atomic E-state index is 0.537. The van der Waals surface area contributed by atoms with E-state index in [1.54, 1.807) is 6.92 Å². The van der Waals surface area contributed by atoms with Gasteiger partial charge in [-0.15, -0.1) is 0 Å². The maximum absolute atomic E-state index is 9.55. The quantitative estimate of drug-likeness (QED) is 0.773. The highest BCUT2D eigenvalue weighted by molar-refractivity contribution is 6.31. The average molecular weight is 272 g/mol. The molecule has 0 fully saturated rings. The van der Waals surface area contributed by atoms with Crippen LogP contribution >= 0.6 is 11.6 Å². The maximum Gasteiger partial charge on any atom is 0.0776 e. The van der Waals surface area contributed by atoms with Gasteiger partial charge in [0.1, 0.15) is 0 Å². The van der Waals surface area contributed by atoms with Crippen molar-refractivity contribution in [2.45, 2.75) is 26.9 Å². The number of aliphatic hydroxyl groups excluding tert-OH is 1. The summed E-state index contributed by atoms with van der Waals surface area (Å²) in [6.07, 6.45) is -0.537. The fourth-order valence-corrected chi connectivity index (χ4v) is 2.17. The summed E-state index contributed by atoms with van der Waals surface area (Å²) in [6, 6.07) is 5.77. The normalized spacial score (nSPS) is 12.5. The third-order valence-electron chi connectivity index (χ3n) is 2.89. The van der Waals surface area contributed by atoms with Crippen LogP contribution < -0.4 is 4.90 Å². The number of benzene rings is 1. The highest BCUT2D eigenvalue weighted by Gasteiger charge is 2.10. The average Bonchev–Trinajstić information content (AvgIpc) is 2.34. The number of anilines is 1. The first-order valence-electron chi connectivity index (χ1n) is 6.40. The Hall–Kier alpha value is -0.770. The molecule has 0 aromatic heterocycles. The van der Waals surface area contributed by atoms with Gasteiger partial charge in [0.15, 0.2) is 0 Å². The van der Waals surface area contributed by atoms with Crippen LogP contribution in [-0.2, 0) is 4.74 Å². The maximum atomic E-state index is 9.55. The van der Waals surface area contributed by atoms with Crippen molar-refractivity contribution in [1.82, 2.24) is 0 Å². The van der Waals surface area contributed by atoms with Crippen LogP contribution in [0.15, 0.2) is 18.2 Å². The molecule has 1 aromatic carbocycles. The highest BCUT2D eigenvalue weighted by Crippen LogP contribution is 2.27. The molecule has 1 rings (SSSR count). The summed E-state index contributed by atoms with van der Waals surface area (Å²) in [5.74, 6) is 0. The number of aliphatic hydroxyl groups is 1. The Bertz CT molecular complexity index is 369. The fourth-order valence-electron chi connectivity index (χ4n) is 1.84. The van der Waals surface area contributed by atoms with Gasteiger partial charge in [-0.3, -0.25) is 0 Å². The monoisotopic (exact) mass is 271 g/mol. The lowest BCUT2D eigenvalue weighted by Gasteiger charge is -2.24. The molecular weight excluding hydrogens is 250 g/mol. The predicted molar refractivity (Wildman–Crippen MR) is 76.5 cm³/mol. The van der Waals surface area contributed by atoms with Crippen LogP contribution in [-0.4, -0.2) is 31.4 Å². The van der Waals surface area contributed by atoms with E-state index < -0.39 is 6.10 Å². The van der Waals surface area contributed by atoms with E-state index in [0.29, 0.717) is 11.6 Å². The summed E-state index contributed by atoms with van der Waals surface area (Å²) in [5, 5.41) is 10.2. The van der Waals surface area contributed by atoms with Crippen LogP contribution in [0.25, 0.3) is 0 Å². The Morgan fingerprint density at radius 3 is 2.61 bits per heavy atom. The van der Waals surface area contributed by atoms with Crippen LogP contribution in [0, 0.1) is 0 Å². The number of hydrogen-bond acceptors (Lipinski definition) is 3. The van der Waals surface area contributed by atoms with E-state index in [0.717, 1.165) is 30.9 Å².